The van der Waals surface area contributed by atoms with Crippen LogP contribution in [0.5, 0.6) is 0 Å². The van der Waals surface area contributed by atoms with Crippen LogP contribution in [-0.4, -0.2) is 11.2 Å². The molecule has 0 aromatic heterocycles. The zero-order valence-corrected chi connectivity index (χ0v) is 7.17. The normalized spacial score (nSPS) is 17.6. The Morgan fingerprint density at radius 1 is 1.50 bits per heavy atom. The van der Waals surface area contributed by atoms with Crippen molar-refractivity contribution in [3.8, 4) is 0 Å². The molecule has 0 bridgehead atoms. The molecular formula is C9H18O. The molecule has 0 aromatic rings. The molecule has 1 heteroatoms. The molecule has 0 aliphatic rings. The van der Waals surface area contributed by atoms with E-state index in [1.54, 1.807) is 0 Å². The molecule has 0 aliphatic heterocycles. The van der Waals surface area contributed by atoms with Gasteiger partial charge in [0.25, 0.3) is 0 Å². The second kappa shape index (κ2) is 5.48. The number of allylic oxidation sites excluding steroid dienone is 2. The van der Waals surface area contributed by atoms with Crippen molar-refractivity contribution in [2.45, 2.75) is 39.7 Å². The lowest BCUT2D eigenvalue weighted by molar-refractivity contribution is 0.149. The van der Waals surface area contributed by atoms with Gasteiger partial charge in [0.1, 0.15) is 0 Å². The average molecular weight is 142 g/mol. The van der Waals surface area contributed by atoms with Gasteiger partial charge in [-0.15, -0.1) is 0 Å². The van der Waals surface area contributed by atoms with Crippen molar-refractivity contribution >= 4 is 0 Å². The second-order valence-electron chi connectivity index (χ2n) is 2.80. The van der Waals surface area contributed by atoms with E-state index >= 15 is 0 Å². The Labute approximate surface area is 63.8 Å². The van der Waals surface area contributed by atoms with Gasteiger partial charge in [0.15, 0.2) is 0 Å². The maximum absolute atomic E-state index is 9.22. The van der Waals surface area contributed by atoms with Crippen LogP contribution in [0.2, 0.25) is 0 Å². The molecule has 10 heavy (non-hydrogen) atoms. The first-order chi connectivity index (χ1) is 4.70. The fraction of sp³-hybridized carbons (Fsp3) is 0.778. The zero-order valence-electron chi connectivity index (χ0n) is 7.17. The molecule has 0 fully saturated rings. The van der Waals surface area contributed by atoms with Crippen LogP contribution in [-0.2, 0) is 0 Å². The van der Waals surface area contributed by atoms with Gasteiger partial charge in [-0.3, -0.25) is 0 Å². The summed E-state index contributed by atoms with van der Waals surface area (Å²) in [6.45, 7) is 6.14. The van der Waals surface area contributed by atoms with Crippen LogP contribution < -0.4 is 0 Å². The van der Waals surface area contributed by atoms with Gasteiger partial charge in [-0.25, -0.2) is 0 Å². The van der Waals surface area contributed by atoms with Crippen LogP contribution in [0.3, 0.4) is 0 Å². The van der Waals surface area contributed by atoms with Gasteiger partial charge in [0, 0.05) is 0 Å². The predicted molar refractivity (Wildman–Crippen MR) is 44.9 cm³/mol. The number of hydrogen-bond acceptors (Lipinski definition) is 1. The summed E-state index contributed by atoms with van der Waals surface area (Å²) in [6.07, 6.45) is 5.79. The number of hydrogen-bond donors (Lipinski definition) is 1. The molecule has 1 N–H and O–H groups in total. The Kier molecular flexibility index (Phi) is 5.32. The summed E-state index contributed by atoms with van der Waals surface area (Å²) in [7, 11) is 0. The van der Waals surface area contributed by atoms with Crippen molar-refractivity contribution in [2.75, 3.05) is 0 Å². The lowest BCUT2D eigenvalue weighted by atomic mass is 10.0. The third kappa shape index (κ3) is 4.57. The minimum Gasteiger partial charge on any atom is -0.393 e. The van der Waals surface area contributed by atoms with Crippen molar-refractivity contribution in [3.05, 3.63) is 12.2 Å². The summed E-state index contributed by atoms with van der Waals surface area (Å²) in [5, 5.41) is 9.22. The summed E-state index contributed by atoms with van der Waals surface area (Å²) >= 11 is 0. The van der Waals surface area contributed by atoms with Crippen LogP contribution >= 0.6 is 0 Å². The van der Waals surface area contributed by atoms with Gasteiger partial charge in [-0.2, -0.15) is 0 Å². The minimum atomic E-state index is -0.119. The smallest absolute Gasteiger partial charge is 0.0543 e. The van der Waals surface area contributed by atoms with Gasteiger partial charge in [0.05, 0.1) is 6.10 Å². The maximum Gasteiger partial charge on any atom is 0.0543 e. The van der Waals surface area contributed by atoms with Crippen LogP contribution in [0.15, 0.2) is 12.2 Å². The molecule has 0 heterocycles. The van der Waals surface area contributed by atoms with Crippen LogP contribution in [0.4, 0.5) is 0 Å². The fourth-order valence-corrected chi connectivity index (χ4v) is 1.00. The van der Waals surface area contributed by atoms with E-state index in [1.165, 1.54) is 0 Å². The minimum absolute atomic E-state index is 0.119. The molecule has 0 saturated heterocycles. The lowest BCUT2D eigenvalue weighted by Gasteiger charge is -2.10. The van der Waals surface area contributed by atoms with E-state index in [0.29, 0.717) is 5.92 Å². The highest BCUT2D eigenvalue weighted by Crippen LogP contribution is 2.09. The van der Waals surface area contributed by atoms with Gasteiger partial charge >= 0.3 is 0 Å². The standard InChI is InChI=1S/C9H18O/c1-4-6-8(3)7-9(10)5-2/h4,6,8-10H,5,7H2,1-3H3/b6-4+/t8-,9?/m1/s1. The van der Waals surface area contributed by atoms with Crippen molar-refractivity contribution in [2.24, 2.45) is 5.92 Å². The summed E-state index contributed by atoms with van der Waals surface area (Å²) in [4.78, 5) is 0. The predicted octanol–water partition coefficient (Wildman–Crippen LogP) is 2.36. The Morgan fingerprint density at radius 2 is 2.10 bits per heavy atom. The van der Waals surface area contributed by atoms with Gasteiger partial charge in [-0.05, 0) is 25.7 Å². The highest BCUT2D eigenvalue weighted by molar-refractivity contribution is 4.83. The van der Waals surface area contributed by atoms with Crippen LogP contribution in [0.25, 0.3) is 0 Å². The fourth-order valence-electron chi connectivity index (χ4n) is 1.00. The summed E-state index contributed by atoms with van der Waals surface area (Å²) in [5.41, 5.74) is 0. The lowest BCUT2D eigenvalue weighted by Crippen LogP contribution is -2.08. The van der Waals surface area contributed by atoms with Gasteiger partial charge < -0.3 is 5.11 Å². The molecule has 1 unspecified atom stereocenters. The van der Waals surface area contributed by atoms with E-state index in [0.717, 1.165) is 12.8 Å². The van der Waals surface area contributed by atoms with E-state index in [1.807, 2.05) is 19.9 Å². The number of aliphatic hydroxyl groups is 1. The topological polar surface area (TPSA) is 20.2 Å². The van der Waals surface area contributed by atoms with E-state index in [4.69, 9.17) is 0 Å². The highest BCUT2D eigenvalue weighted by atomic mass is 16.3. The van der Waals surface area contributed by atoms with E-state index in [2.05, 4.69) is 13.0 Å². The average Bonchev–Trinajstić information content (AvgIpc) is 1.88. The Balaban J connectivity index is 3.46. The third-order valence-electron chi connectivity index (χ3n) is 1.64. The van der Waals surface area contributed by atoms with E-state index in [9.17, 15) is 5.11 Å². The van der Waals surface area contributed by atoms with Crippen molar-refractivity contribution in [1.82, 2.24) is 0 Å². The quantitative estimate of drug-likeness (QED) is 0.597. The Morgan fingerprint density at radius 3 is 2.50 bits per heavy atom. The SMILES string of the molecule is C/C=C/[C@@H](C)CC(O)CC. The summed E-state index contributed by atoms with van der Waals surface area (Å²) in [6, 6.07) is 0. The largest absolute Gasteiger partial charge is 0.393 e. The number of rotatable bonds is 4. The maximum atomic E-state index is 9.22. The first kappa shape index (κ1) is 9.70. The molecule has 0 amide bonds. The molecule has 0 saturated carbocycles. The van der Waals surface area contributed by atoms with E-state index < -0.39 is 0 Å². The molecule has 0 aliphatic carbocycles. The molecule has 0 spiro atoms. The third-order valence-corrected chi connectivity index (χ3v) is 1.64. The molecule has 0 aromatic carbocycles. The van der Waals surface area contributed by atoms with Gasteiger partial charge in [0.2, 0.25) is 0 Å². The molecule has 0 rings (SSSR count). The molecule has 2 atom stereocenters. The summed E-state index contributed by atoms with van der Waals surface area (Å²) in [5.74, 6) is 0.514. The molecule has 1 nitrogen and oxygen atoms in total. The van der Waals surface area contributed by atoms with Crippen molar-refractivity contribution in [1.29, 1.82) is 0 Å². The van der Waals surface area contributed by atoms with E-state index in [-0.39, 0.29) is 6.10 Å². The summed E-state index contributed by atoms with van der Waals surface area (Å²) < 4.78 is 0. The van der Waals surface area contributed by atoms with Crippen LogP contribution in [0.1, 0.15) is 33.6 Å². The molecular weight excluding hydrogens is 124 g/mol. The zero-order chi connectivity index (χ0) is 7.98. The monoisotopic (exact) mass is 142 g/mol. The van der Waals surface area contributed by atoms with Crippen molar-refractivity contribution in [3.63, 3.8) is 0 Å². The van der Waals surface area contributed by atoms with Gasteiger partial charge in [-0.1, -0.05) is 26.0 Å². The second-order valence-corrected chi connectivity index (χ2v) is 2.80. The molecule has 0 radical (unpaired) electrons. The van der Waals surface area contributed by atoms with Crippen molar-refractivity contribution < 1.29 is 5.11 Å². The van der Waals surface area contributed by atoms with Crippen LogP contribution in [0, 0.1) is 5.92 Å². The Hall–Kier alpha value is -0.300. The Bertz CT molecular complexity index is 96.9. The number of aliphatic hydroxyl groups excluding tert-OH is 1. The highest BCUT2D eigenvalue weighted by Gasteiger charge is 2.03. The first-order valence-electron chi connectivity index (χ1n) is 4.01. The molecule has 60 valence electrons. The first-order valence-corrected chi connectivity index (χ1v) is 4.01.